The van der Waals surface area contributed by atoms with Crippen molar-refractivity contribution in [2.24, 2.45) is 0 Å². The number of rotatable bonds is 3. The molecule has 88 valence electrons. The summed E-state index contributed by atoms with van der Waals surface area (Å²) in [6.07, 6.45) is 6.37. The van der Waals surface area contributed by atoms with Gasteiger partial charge in [0.05, 0.1) is 5.56 Å². The molecule has 0 unspecified atom stereocenters. The van der Waals surface area contributed by atoms with Gasteiger partial charge < -0.3 is 0 Å². The third-order valence-corrected chi connectivity index (χ3v) is 4.11. The Bertz CT molecular complexity index is 486. The third-order valence-electron chi connectivity index (χ3n) is 3.14. The van der Waals surface area contributed by atoms with Crippen LogP contribution in [0.1, 0.15) is 35.2 Å². The number of thioether (sulfide) groups is 1. The van der Waals surface area contributed by atoms with Crippen LogP contribution in [0.2, 0.25) is 0 Å². The van der Waals surface area contributed by atoms with Crippen LogP contribution < -0.4 is 0 Å². The molecule has 0 saturated carbocycles. The normalized spacial score (nSPS) is 13.9. The van der Waals surface area contributed by atoms with Crippen molar-refractivity contribution in [3.63, 3.8) is 0 Å². The van der Waals surface area contributed by atoms with Gasteiger partial charge in [-0.05, 0) is 43.7 Å². The van der Waals surface area contributed by atoms with Crippen LogP contribution in [-0.2, 0) is 12.8 Å². The van der Waals surface area contributed by atoms with Gasteiger partial charge in [-0.1, -0.05) is 6.08 Å². The lowest BCUT2D eigenvalue weighted by molar-refractivity contribution is 0.669. The molecule has 1 aromatic rings. The molecule has 1 aliphatic rings. The zero-order chi connectivity index (χ0) is 12.3. The summed E-state index contributed by atoms with van der Waals surface area (Å²) in [6.45, 7) is 5.77. The minimum Gasteiger partial charge on any atom is -0.245 e. The molecule has 0 aromatic carbocycles. The third kappa shape index (κ3) is 2.37. The molecule has 0 aliphatic heterocycles. The molecule has 0 N–H and O–H groups in total. The van der Waals surface area contributed by atoms with Crippen molar-refractivity contribution in [1.82, 2.24) is 4.98 Å². The lowest BCUT2D eigenvalue weighted by Crippen LogP contribution is -2.10. The van der Waals surface area contributed by atoms with Gasteiger partial charge in [0.2, 0.25) is 0 Å². The highest BCUT2D eigenvalue weighted by Crippen LogP contribution is 2.31. The molecule has 0 spiro atoms. The van der Waals surface area contributed by atoms with Gasteiger partial charge >= 0.3 is 0 Å². The van der Waals surface area contributed by atoms with Crippen LogP contribution in [0.4, 0.5) is 0 Å². The van der Waals surface area contributed by atoms with E-state index in [0.29, 0.717) is 0 Å². The first-order chi connectivity index (χ1) is 8.27. The summed E-state index contributed by atoms with van der Waals surface area (Å²) in [5.74, 6) is 0.805. The topological polar surface area (TPSA) is 36.7 Å². The smallest absolute Gasteiger partial charge is 0.115 e. The van der Waals surface area contributed by atoms with Crippen molar-refractivity contribution in [2.45, 2.75) is 37.6 Å². The Morgan fingerprint density at radius 1 is 1.41 bits per heavy atom. The molecule has 0 fully saturated rings. The fourth-order valence-corrected chi connectivity index (χ4v) is 3.13. The molecule has 0 atom stereocenters. The summed E-state index contributed by atoms with van der Waals surface area (Å²) >= 11 is 1.61. The predicted molar refractivity (Wildman–Crippen MR) is 71.3 cm³/mol. The molecule has 0 amide bonds. The molecular weight excluding hydrogens is 228 g/mol. The minimum absolute atomic E-state index is 0.803. The Labute approximate surface area is 107 Å². The SMILES string of the molecule is C=CCSc1nc(C)c2c(c1C#N)CCCC2. The number of fused-ring (bicyclic) bond motifs is 1. The number of nitriles is 1. The van der Waals surface area contributed by atoms with Gasteiger partial charge in [0.25, 0.3) is 0 Å². The van der Waals surface area contributed by atoms with Crippen molar-refractivity contribution in [2.75, 3.05) is 5.75 Å². The van der Waals surface area contributed by atoms with E-state index in [2.05, 4.69) is 24.6 Å². The number of pyridine rings is 1. The molecule has 2 rings (SSSR count). The standard InChI is InChI=1S/C14H16N2S/c1-3-8-17-14-13(9-15)12-7-5-4-6-11(12)10(2)16-14/h3H,1,4-8H2,2H3. The van der Waals surface area contributed by atoms with E-state index in [1.807, 2.05) is 6.08 Å². The zero-order valence-corrected chi connectivity index (χ0v) is 10.9. The first-order valence-corrected chi connectivity index (χ1v) is 6.92. The monoisotopic (exact) mass is 244 g/mol. The van der Waals surface area contributed by atoms with Crippen molar-refractivity contribution >= 4 is 11.8 Å². The van der Waals surface area contributed by atoms with E-state index in [-0.39, 0.29) is 0 Å². The number of aryl methyl sites for hydroxylation is 1. The van der Waals surface area contributed by atoms with Crippen molar-refractivity contribution in [3.8, 4) is 6.07 Å². The second kappa shape index (κ2) is 5.37. The van der Waals surface area contributed by atoms with E-state index in [4.69, 9.17) is 0 Å². The molecule has 2 nitrogen and oxygen atoms in total. The first-order valence-electron chi connectivity index (χ1n) is 5.94. The summed E-state index contributed by atoms with van der Waals surface area (Å²) < 4.78 is 0. The van der Waals surface area contributed by atoms with E-state index in [1.165, 1.54) is 24.0 Å². The molecule has 0 radical (unpaired) electrons. The van der Waals surface area contributed by atoms with Gasteiger partial charge in [0.15, 0.2) is 0 Å². The summed E-state index contributed by atoms with van der Waals surface area (Å²) in [7, 11) is 0. The van der Waals surface area contributed by atoms with Crippen LogP contribution in [-0.4, -0.2) is 10.7 Å². The first kappa shape index (κ1) is 12.2. The van der Waals surface area contributed by atoms with E-state index in [9.17, 15) is 5.26 Å². The molecule has 0 saturated heterocycles. The van der Waals surface area contributed by atoms with Gasteiger partial charge in [0, 0.05) is 11.4 Å². The van der Waals surface area contributed by atoms with Crippen molar-refractivity contribution < 1.29 is 0 Å². The Kier molecular flexibility index (Phi) is 3.86. The lowest BCUT2D eigenvalue weighted by Gasteiger charge is -2.20. The van der Waals surface area contributed by atoms with Crippen LogP contribution in [0.15, 0.2) is 17.7 Å². The molecule has 17 heavy (non-hydrogen) atoms. The van der Waals surface area contributed by atoms with Crippen LogP contribution in [0, 0.1) is 18.3 Å². The number of hydrogen-bond donors (Lipinski definition) is 0. The maximum Gasteiger partial charge on any atom is 0.115 e. The quantitative estimate of drug-likeness (QED) is 0.604. The predicted octanol–water partition coefficient (Wildman–Crippen LogP) is 3.42. The molecule has 0 bridgehead atoms. The van der Waals surface area contributed by atoms with E-state index in [0.717, 1.165) is 34.9 Å². The van der Waals surface area contributed by atoms with Gasteiger partial charge in [0.1, 0.15) is 11.1 Å². The number of aromatic nitrogens is 1. The maximum atomic E-state index is 9.34. The minimum atomic E-state index is 0.803. The Hall–Kier alpha value is -1.27. The molecule has 1 aliphatic carbocycles. The zero-order valence-electron chi connectivity index (χ0n) is 10.1. The maximum absolute atomic E-state index is 9.34. The van der Waals surface area contributed by atoms with E-state index < -0.39 is 0 Å². The van der Waals surface area contributed by atoms with Gasteiger partial charge in [-0.15, -0.1) is 18.3 Å². The second-order valence-corrected chi connectivity index (χ2v) is 5.26. The lowest BCUT2D eigenvalue weighted by atomic mass is 9.88. The Balaban J connectivity index is 2.50. The van der Waals surface area contributed by atoms with Gasteiger partial charge in [-0.25, -0.2) is 4.98 Å². The highest BCUT2D eigenvalue weighted by Gasteiger charge is 2.20. The molecule has 1 heterocycles. The Morgan fingerprint density at radius 2 is 2.12 bits per heavy atom. The van der Waals surface area contributed by atoms with Crippen LogP contribution >= 0.6 is 11.8 Å². The average Bonchev–Trinajstić information content (AvgIpc) is 2.36. The molecule has 1 aromatic heterocycles. The number of hydrogen-bond acceptors (Lipinski definition) is 3. The van der Waals surface area contributed by atoms with Crippen molar-refractivity contribution in [1.29, 1.82) is 5.26 Å². The van der Waals surface area contributed by atoms with E-state index in [1.54, 1.807) is 11.8 Å². The van der Waals surface area contributed by atoms with Gasteiger partial charge in [-0.3, -0.25) is 0 Å². The fourth-order valence-electron chi connectivity index (χ4n) is 2.34. The van der Waals surface area contributed by atoms with Crippen LogP contribution in [0.5, 0.6) is 0 Å². The summed E-state index contributed by atoms with van der Waals surface area (Å²) in [5, 5.41) is 10.2. The molecular formula is C14H16N2S. The van der Waals surface area contributed by atoms with E-state index >= 15 is 0 Å². The van der Waals surface area contributed by atoms with Crippen LogP contribution in [0.25, 0.3) is 0 Å². The Morgan fingerprint density at radius 3 is 2.76 bits per heavy atom. The van der Waals surface area contributed by atoms with Crippen LogP contribution in [0.3, 0.4) is 0 Å². The largest absolute Gasteiger partial charge is 0.245 e. The summed E-state index contributed by atoms with van der Waals surface area (Å²) in [5.41, 5.74) is 4.47. The second-order valence-electron chi connectivity index (χ2n) is 4.25. The average molecular weight is 244 g/mol. The summed E-state index contributed by atoms with van der Waals surface area (Å²) in [4.78, 5) is 4.59. The summed E-state index contributed by atoms with van der Waals surface area (Å²) in [6, 6.07) is 2.34. The number of nitrogens with zero attached hydrogens (tertiary/aromatic N) is 2. The highest BCUT2D eigenvalue weighted by molar-refractivity contribution is 7.99. The van der Waals surface area contributed by atoms with Gasteiger partial charge in [-0.2, -0.15) is 5.26 Å². The van der Waals surface area contributed by atoms with Crippen molar-refractivity contribution in [3.05, 3.63) is 35.0 Å². The molecule has 3 heteroatoms. The highest BCUT2D eigenvalue weighted by atomic mass is 32.2. The fraction of sp³-hybridized carbons (Fsp3) is 0.429.